The van der Waals surface area contributed by atoms with Gasteiger partial charge in [0.25, 0.3) is 6.10 Å². The average molecular weight is 365 g/mol. The maximum atomic E-state index is 12.2. The monoisotopic (exact) mass is 364 g/mol. The molecule has 1 rings (SSSR count). The summed E-state index contributed by atoms with van der Waals surface area (Å²) in [5.41, 5.74) is 0.181. The number of carbonyl (C=O) groups is 1. The van der Waals surface area contributed by atoms with Crippen molar-refractivity contribution in [2.45, 2.75) is 23.3 Å². The van der Waals surface area contributed by atoms with Gasteiger partial charge in [0.15, 0.2) is 0 Å². The van der Waals surface area contributed by atoms with Crippen molar-refractivity contribution in [2.75, 3.05) is 0 Å². The summed E-state index contributed by atoms with van der Waals surface area (Å²) in [5.74, 6) is -1.67. The quantitative estimate of drug-likeness (QED) is 0.457. The highest BCUT2D eigenvalue weighted by Crippen LogP contribution is 2.37. The van der Waals surface area contributed by atoms with E-state index < -0.39 is 29.3 Å². The minimum atomic E-state index is -5.72. The van der Waals surface area contributed by atoms with Crippen LogP contribution in [0.2, 0.25) is 0 Å². The maximum absolute atomic E-state index is 12.2. The van der Waals surface area contributed by atoms with Gasteiger partial charge in [-0.15, -0.1) is 0 Å². The van der Waals surface area contributed by atoms with Crippen LogP contribution in [0.1, 0.15) is 10.4 Å². The summed E-state index contributed by atoms with van der Waals surface area (Å²) in [4.78, 5) is 9.96. The largest absolute Gasteiger partial charge is 0.442 e. The fraction of sp³-hybridized carbons (Fsp3) is 0.364. The highest BCUT2D eigenvalue weighted by molar-refractivity contribution is 9.09. The van der Waals surface area contributed by atoms with Gasteiger partial charge in [-0.2, -0.15) is 26.3 Å². The van der Waals surface area contributed by atoms with E-state index in [1.165, 1.54) is 24.3 Å². The molecule has 2 nitrogen and oxygen atoms in total. The second kappa shape index (κ2) is 6.02. The Labute approximate surface area is 117 Å². The molecule has 0 aliphatic heterocycles. The molecule has 0 aliphatic carbocycles. The number of hydrogen-bond donors (Lipinski definition) is 0. The van der Waals surface area contributed by atoms with Crippen molar-refractivity contribution in [3.63, 3.8) is 0 Å². The Kier molecular flexibility index (Phi) is 5.06. The van der Waals surface area contributed by atoms with Gasteiger partial charge in [0.2, 0.25) is 0 Å². The average Bonchev–Trinajstić information content (AvgIpc) is 2.33. The van der Waals surface area contributed by atoms with E-state index in [9.17, 15) is 31.1 Å². The predicted octanol–water partition coefficient (Wildman–Crippen LogP) is 4.16. The van der Waals surface area contributed by atoms with Crippen LogP contribution in [-0.4, -0.2) is 24.4 Å². The standard InChI is InChI=1S/C11H7BrF6O2/c12-7(6-4-2-1-3-5-6)8(19)20-9(10(13,14)15)11(16,17)18/h1-5,7,9H. The summed E-state index contributed by atoms with van der Waals surface area (Å²) in [6, 6.07) is 7.24. The first-order chi connectivity index (χ1) is 9.03. The molecule has 0 N–H and O–H groups in total. The summed E-state index contributed by atoms with van der Waals surface area (Å²) in [6.07, 6.45) is -15.6. The Morgan fingerprint density at radius 1 is 1.00 bits per heavy atom. The molecule has 0 heterocycles. The van der Waals surface area contributed by atoms with E-state index in [1.54, 1.807) is 6.07 Å². The summed E-state index contributed by atoms with van der Waals surface area (Å²) in [6.45, 7) is 0. The molecule has 0 radical (unpaired) electrons. The predicted molar refractivity (Wildman–Crippen MR) is 60.1 cm³/mol. The lowest BCUT2D eigenvalue weighted by atomic mass is 10.1. The molecule has 1 aromatic carbocycles. The normalized spacial score (nSPS) is 14.2. The molecular formula is C11H7BrF6O2. The molecule has 0 saturated carbocycles. The van der Waals surface area contributed by atoms with Crippen LogP contribution in [0.4, 0.5) is 26.3 Å². The van der Waals surface area contributed by atoms with Crippen LogP contribution in [0.15, 0.2) is 30.3 Å². The number of esters is 1. The number of hydrogen-bond acceptors (Lipinski definition) is 2. The molecule has 1 unspecified atom stereocenters. The Morgan fingerprint density at radius 3 is 1.85 bits per heavy atom. The van der Waals surface area contributed by atoms with E-state index in [1.807, 2.05) is 0 Å². The molecule has 9 heteroatoms. The van der Waals surface area contributed by atoms with Crippen LogP contribution >= 0.6 is 15.9 Å². The minimum absolute atomic E-state index is 0.181. The zero-order chi connectivity index (χ0) is 15.6. The molecule has 20 heavy (non-hydrogen) atoms. The lowest BCUT2D eigenvalue weighted by molar-refractivity contribution is -0.313. The third kappa shape index (κ3) is 4.39. The molecule has 0 spiro atoms. The number of halogens is 7. The molecular weight excluding hydrogens is 358 g/mol. The molecule has 0 saturated heterocycles. The first-order valence-electron chi connectivity index (χ1n) is 5.06. The van der Waals surface area contributed by atoms with Crippen LogP contribution in [0, 0.1) is 0 Å². The Balaban J connectivity index is 2.87. The molecule has 0 aliphatic rings. The Hall–Kier alpha value is -1.25. The van der Waals surface area contributed by atoms with Gasteiger partial charge < -0.3 is 4.74 Å². The van der Waals surface area contributed by atoms with Gasteiger partial charge >= 0.3 is 18.3 Å². The summed E-state index contributed by atoms with van der Waals surface area (Å²) >= 11 is 2.70. The van der Waals surface area contributed by atoms with Gasteiger partial charge in [-0.1, -0.05) is 46.3 Å². The lowest BCUT2D eigenvalue weighted by Gasteiger charge is -2.23. The first kappa shape index (κ1) is 16.8. The molecule has 112 valence electrons. The van der Waals surface area contributed by atoms with Gasteiger partial charge in [0, 0.05) is 0 Å². The highest BCUT2D eigenvalue weighted by atomic mass is 79.9. The molecule has 0 aromatic heterocycles. The highest BCUT2D eigenvalue weighted by Gasteiger charge is 2.60. The third-order valence-corrected chi connectivity index (χ3v) is 3.03. The Bertz CT molecular complexity index is 442. The van der Waals surface area contributed by atoms with Crippen LogP contribution in [0.5, 0.6) is 0 Å². The van der Waals surface area contributed by atoms with Crippen LogP contribution in [0.3, 0.4) is 0 Å². The van der Waals surface area contributed by atoms with Crippen molar-refractivity contribution >= 4 is 21.9 Å². The minimum Gasteiger partial charge on any atom is -0.442 e. The van der Waals surface area contributed by atoms with Crippen molar-refractivity contribution in [3.8, 4) is 0 Å². The van der Waals surface area contributed by atoms with Crippen molar-refractivity contribution in [1.29, 1.82) is 0 Å². The zero-order valence-corrected chi connectivity index (χ0v) is 11.1. The number of rotatable bonds is 3. The summed E-state index contributed by atoms with van der Waals surface area (Å²) in [5, 5.41) is 0. The summed E-state index contributed by atoms with van der Waals surface area (Å²) in [7, 11) is 0. The zero-order valence-electron chi connectivity index (χ0n) is 9.50. The van der Waals surface area contributed by atoms with E-state index in [2.05, 4.69) is 20.7 Å². The van der Waals surface area contributed by atoms with E-state index in [0.29, 0.717) is 0 Å². The molecule has 0 fully saturated rings. The fourth-order valence-corrected chi connectivity index (χ4v) is 1.67. The van der Waals surface area contributed by atoms with Gasteiger partial charge in [-0.25, -0.2) is 0 Å². The van der Waals surface area contributed by atoms with E-state index in [0.717, 1.165) is 0 Å². The topological polar surface area (TPSA) is 26.3 Å². The fourth-order valence-electron chi connectivity index (χ4n) is 1.25. The second-order valence-electron chi connectivity index (χ2n) is 3.67. The molecule has 0 amide bonds. The van der Waals surface area contributed by atoms with Gasteiger partial charge in [0.1, 0.15) is 4.83 Å². The van der Waals surface area contributed by atoms with Gasteiger partial charge in [-0.05, 0) is 5.56 Å². The first-order valence-corrected chi connectivity index (χ1v) is 5.98. The third-order valence-electron chi connectivity index (χ3n) is 2.13. The van der Waals surface area contributed by atoms with E-state index in [4.69, 9.17) is 0 Å². The smallest absolute Gasteiger partial charge is 0.434 e. The SMILES string of the molecule is O=C(OC(C(F)(F)F)C(F)(F)F)C(Br)c1ccccc1. The van der Waals surface area contributed by atoms with Gasteiger partial charge in [-0.3, -0.25) is 4.79 Å². The van der Waals surface area contributed by atoms with E-state index >= 15 is 0 Å². The molecule has 0 bridgehead atoms. The van der Waals surface area contributed by atoms with Crippen molar-refractivity contribution < 1.29 is 35.9 Å². The van der Waals surface area contributed by atoms with Crippen LogP contribution < -0.4 is 0 Å². The number of carbonyl (C=O) groups excluding carboxylic acids is 1. The summed E-state index contributed by atoms with van der Waals surface area (Å²) < 4.78 is 76.9. The van der Waals surface area contributed by atoms with Crippen molar-refractivity contribution in [1.82, 2.24) is 0 Å². The van der Waals surface area contributed by atoms with Crippen molar-refractivity contribution in [3.05, 3.63) is 35.9 Å². The van der Waals surface area contributed by atoms with E-state index in [-0.39, 0.29) is 5.56 Å². The molecule has 1 aromatic rings. The number of alkyl halides is 7. The van der Waals surface area contributed by atoms with Crippen molar-refractivity contribution in [2.24, 2.45) is 0 Å². The lowest BCUT2D eigenvalue weighted by Crippen LogP contribution is -2.46. The second-order valence-corrected chi connectivity index (χ2v) is 4.59. The molecule has 1 atom stereocenters. The van der Waals surface area contributed by atoms with Crippen LogP contribution in [0.25, 0.3) is 0 Å². The number of benzene rings is 1. The van der Waals surface area contributed by atoms with Crippen LogP contribution in [-0.2, 0) is 9.53 Å². The number of ether oxygens (including phenoxy) is 1. The Morgan fingerprint density at radius 2 is 1.45 bits per heavy atom. The maximum Gasteiger partial charge on any atom is 0.434 e. The van der Waals surface area contributed by atoms with Gasteiger partial charge in [0.05, 0.1) is 0 Å².